The summed E-state index contributed by atoms with van der Waals surface area (Å²) in [4.78, 5) is 0. The quantitative estimate of drug-likeness (QED) is 0.523. The highest BCUT2D eigenvalue weighted by Gasteiger charge is 2.03. The van der Waals surface area contributed by atoms with Crippen LogP contribution in [0.15, 0.2) is 0 Å². The molecular formula is C3H9NO4S. The van der Waals surface area contributed by atoms with E-state index in [2.05, 4.69) is 9.32 Å². The minimum atomic E-state index is -3.88. The molecule has 0 amide bonds. The van der Waals surface area contributed by atoms with Crippen LogP contribution in [0.25, 0.3) is 0 Å². The lowest BCUT2D eigenvalue weighted by atomic mass is 10.5. The van der Waals surface area contributed by atoms with E-state index in [9.17, 15) is 8.42 Å². The third kappa shape index (κ3) is 7.83. The Kier molecular flexibility index (Phi) is 3.06. The first-order chi connectivity index (χ1) is 3.92. The van der Waals surface area contributed by atoms with E-state index in [4.69, 9.17) is 5.11 Å². The molecule has 0 aromatic carbocycles. The van der Waals surface area contributed by atoms with Gasteiger partial charge in [-0.05, 0) is 6.92 Å². The van der Waals surface area contributed by atoms with Crippen molar-refractivity contribution in [3.63, 3.8) is 0 Å². The number of aliphatic hydroxyl groups excluding tert-OH is 1. The van der Waals surface area contributed by atoms with Crippen molar-refractivity contribution in [3.05, 3.63) is 0 Å². The van der Waals surface area contributed by atoms with Gasteiger partial charge >= 0.3 is 10.3 Å². The molecule has 0 rings (SSSR count). The molecule has 0 aromatic rings. The summed E-state index contributed by atoms with van der Waals surface area (Å²) in [6.45, 7) is 1.10. The molecule has 0 aliphatic rings. The summed E-state index contributed by atoms with van der Waals surface area (Å²) in [5, 5.41) is 12.9. The molecule has 0 saturated carbocycles. The second kappa shape index (κ2) is 3.11. The summed E-state index contributed by atoms with van der Waals surface area (Å²) in [7, 11) is -3.88. The van der Waals surface area contributed by atoms with Gasteiger partial charge < -0.3 is 5.11 Å². The topological polar surface area (TPSA) is 89.6 Å². The predicted octanol–water partition coefficient (Wildman–Crippen LogP) is -1.41. The minimum Gasteiger partial charge on any atom is -0.391 e. The summed E-state index contributed by atoms with van der Waals surface area (Å²) < 4.78 is 24.0. The van der Waals surface area contributed by atoms with Crippen molar-refractivity contribution in [3.8, 4) is 0 Å². The van der Waals surface area contributed by atoms with Gasteiger partial charge in [0.25, 0.3) is 0 Å². The van der Waals surface area contributed by atoms with Gasteiger partial charge in [0.15, 0.2) is 0 Å². The van der Waals surface area contributed by atoms with Crippen LogP contribution in [0.1, 0.15) is 6.92 Å². The summed E-state index contributed by atoms with van der Waals surface area (Å²) in [6, 6.07) is 0. The van der Waals surface area contributed by atoms with Gasteiger partial charge in [-0.3, -0.25) is 4.18 Å². The molecular weight excluding hydrogens is 146 g/mol. The molecule has 0 spiro atoms. The zero-order valence-corrected chi connectivity index (χ0v) is 5.76. The maximum absolute atomic E-state index is 9.98. The molecule has 1 unspecified atom stereocenters. The van der Waals surface area contributed by atoms with E-state index in [0.29, 0.717) is 0 Å². The van der Waals surface area contributed by atoms with Crippen LogP contribution >= 0.6 is 0 Å². The summed E-state index contributed by atoms with van der Waals surface area (Å²) in [5.74, 6) is 0. The van der Waals surface area contributed by atoms with Crippen molar-refractivity contribution < 1.29 is 17.7 Å². The number of rotatable bonds is 3. The molecule has 6 heteroatoms. The average Bonchev–Trinajstić information content (AvgIpc) is 1.59. The molecule has 3 N–H and O–H groups in total. The monoisotopic (exact) mass is 155 g/mol. The van der Waals surface area contributed by atoms with E-state index >= 15 is 0 Å². The first-order valence-corrected chi connectivity index (χ1v) is 3.74. The maximum Gasteiger partial charge on any atom is 0.333 e. The summed E-state index contributed by atoms with van der Waals surface area (Å²) in [5.41, 5.74) is 0. The maximum atomic E-state index is 9.98. The van der Waals surface area contributed by atoms with E-state index in [1.54, 1.807) is 0 Å². The minimum absolute atomic E-state index is 0.293. The molecule has 0 radical (unpaired) electrons. The zero-order chi connectivity index (χ0) is 7.49. The Bertz CT molecular complexity index is 161. The second-order valence-electron chi connectivity index (χ2n) is 1.63. The van der Waals surface area contributed by atoms with Crippen LogP contribution in [0, 0.1) is 0 Å². The highest BCUT2D eigenvalue weighted by molar-refractivity contribution is 7.84. The van der Waals surface area contributed by atoms with Crippen LogP contribution in [-0.4, -0.2) is 26.2 Å². The van der Waals surface area contributed by atoms with Gasteiger partial charge in [-0.15, -0.1) is 0 Å². The fourth-order valence-corrected chi connectivity index (χ4v) is 0.580. The first-order valence-electron chi connectivity index (χ1n) is 2.27. The molecule has 0 saturated heterocycles. The third-order valence-electron chi connectivity index (χ3n) is 0.474. The lowest BCUT2D eigenvalue weighted by Crippen LogP contribution is -2.21. The van der Waals surface area contributed by atoms with Gasteiger partial charge in [-0.1, -0.05) is 0 Å². The SMILES string of the molecule is CC(O)COS(N)(=O)=O. The van der Waals surface area contributed by atoms with Crippen molar-refractivity contribution in [2.24, 2.45) is 5.14 Å². The Balaban J connectivity index is 3.53. The normalized spacial score (nSPS) is 15.4. The van der Waals surface area contributed by atoms with Crippen LogP contribution in [0.2, 0.25) is 0 Å². The van der Waals surface area contributed by atoms with Gasteiger partial charge in [0.05, 0.1) is 12.7 Å². The Morgan fingerprint density at radius 3 is 2.33 bits per heavy atom. The Morgan fingerprint density at radius 1 is 1.78 bits per heavy atom. The standard InChI is InChI=1S/C3H9NO4S/c1-3(5)2-8-9(4,6)7/h3,5H,2H2,1H3,(H2,4,6,7). The number of nitrogens with two attached hydrogens (primary N) is 1. The molecule has 0 fully saturated rings. The fraction of sp³-hybridized carbons (Fsp3) is 1.00. The molecule has 1 atom stereocenters. The van der Waals surface area contributed by atoms with E-state index in [0.717, 1.165) is 0 Å². The molecule has 9 heavy (non-hydrogen) atoms. The van der Waals surface area contributed by atoms with E-state index < -0.39 is 16.4 Å². The second-order valence-corrected chi connectivity index (χ2v) is 2.85. The molecule has 5 nitrogen and oxygen atoms in total. The first kappa shape index (κ1) is 8.83. The Morgan fingerprint density at radius 2 is 2.22 bits per heavy atom. The number of hydrogen-bond donors (Lipinski definition) is 2. The van der Waals surface area contributed by atoms with Gasteiger partial charge in [-0.2, -0.15) is 8.42 Å². The molecule has 0 aliphatic heterocycles. The highest BCUT2D eigenvalue weighted by Crippen LogP contribution is 1.85. The van der Waals surface area contributed by atoms with Crippen molar-refractivity contribution in [2.75, 3.05) is 6.61 Å². The number of hydrogen-bond acceptors (Lipinski definition) is 4. The van der Waals surface area contributed by atoms with Gasteiger partial charge in [-0.25, -0.2) is 5.14 Å². The molecule has 0 bridgehead atoms. The highest BCUT2D eigenvalue weighted by atomic mass is 32.2. The van der Waals surface area contributed by atoms with Crippen LogP contribution < -0.4 is 5.14 Å². The average molecular weight is 155 g/mol. The lowest BCUT2D eigenvalue weighted by Gasteiger charge is -2.01. The van der Waals surface area contributed by atoms with Gasteiger partial charge in [0, 0.05) is 0 Å². The molecule has 0 heterocycles. The summed E-state index contributed by atoms with van der Waals surface area (Å²) in [6.07, 6.45) is -0.816. The van der Waals surface area contributed by atoms with E-state index in [1.807, 2.05) is 0 Å². The van der Waals surface area contributed by atoms with Crippen molar-refractivity contribution in [1.82, 2.24) is 0 Å². The predicted molar refractivity (Wildman–Crippen MR) is 30.7 cm³/mol. The van der Waals surface area contributed by atoms with Crippen LogP contribution in [-0.2, 0) is 14.5 Å². The third-order valence-corrected chi connectivity index (χ3v) is 0.938. The van der Waals surface area contributed by atoms with Crippen LogP contribution in [0.5, 0.6) is 0 Å². The lowest BCUT2D eigenvalue weighted by molar-refractivity contribution is 0.126. The summed E-state index contributed by atoms with van der Waals surface area (Å²) >= 11 is 0. The molecule has 0 aromatic heterocycles. The Hall–Kier alpha value is -0.170. The van der Waals surface area contributed by atoms with E-state index in [-0.39, 0.29) is 6.61 Å². The molecule has 56 valence electrons. The van der Waals surface area contributed by atoms with Crippen molar-refractivity contribution in [2.45, 2.75) is 13.0 Å². The largest absolute Gasteiger partial charge is 0.391 e. The van der Waals surface area contributed by atoms with Gasteiger partial charge in [0.2, 0.25) is 0 Å². The fourth-order valence-electron chi connectivity index (χ4n) is 0.193. The molecule has 0 aliphatic carbocycles. The zero-order valence-electron chi connectivity index (χ0n) is 4.94. The van der Waals surface area contributed by atoms with Crippen LogP contribution in [0.3, 0.4) is 0 Å². The number of aliphatic hydroxyl groups is 1. The van der Waals surface area contributed by atoms with Crippen LogP contribution in [0.4, 0.5) is 0 Å². The van der Waals surface area contributed by atoms with Crippen molar-refractivity contribution in [1.29, 1.82) is 0 Å². The van der Waals surface area contributed by atoms with E-state index in [1.165, 1.54) is 6.92 Å². The van der Waals surface area contributed by atoms with Gasteiger partial charge in [0.1, 0.15) is 0 Å². The van der Waals surface area contributed by atoms with Crippen molar-refractivity contribution >= 4 is 10.3 Å². The Labute approximate surface area is 53.7 Å². The smallest absolute Gasteiger partial charge is 0.333 e.